The summed E-state index contributed by atoms with van der Waals surface area (Å²) in [4.78, 5) is 38.6. The molecule has 3 heterocycles. The number of aliphatic hydroxyl groups excluding tert-OH is 1. The summed E-state index contributed by atoms with van der Waals surface area (Å²) >= 11 is 0. The van der Waals surface area contributed by atoms with E-state index in [1.807, 2.05) is 0 Å². The third-order valence-corrected chi connectivity index (χ3v) is 7.26. The smallest absolute Gasteiger partial charge is 0.374 e. The molecule has 1 aliphatic rings. The fraction of sp³-hybridized carbons (Fsp3) is 0.545. The van der Waals surface area contributed by atoms with Gasteiger partial charge < -0.3 is 34.8 Å². The zero-order valence-corrected chi connectivity index (χ0v) is 15.2. The average molecular weight is 427 g/mol. The average Bonchev–Trinajstić information content (AvgIpc) is 3.16. The van der Waals surface area contributed by atoms with Crippen LogP contribution in [-0.2, 0) is 18.4 Å². The van der Waals surface area contributed by atoms with E-state index in [-0.39, 0.29) is 12.2 Å². The highest BCUT2D eigenvalue weighted by molar-refractivity contribution is 7.70. The maximum Gasteiger partial charge on any atom is 0.374 e. The van der Waals surface area contributed by atoms with Gasteiger partial charge in [0.05, 0.1) is 19.0 Å². The van der Waals surface area contributed by atoms with Gasteiger partial charge >= 0.3 is 15.2 Å². The summed E-state index contributed by atoms with van der Waals surface area (Å²) in [6.45, 7) is -0.768. The Bertz CT molecular complexity index is 937. The van der Waals surface area contributed by atoms with Gasteiger partial charge in [-0.25, -0.2) is 19.3 Å². The Balaban J connectivity index is 1.71. The Labute approximate surface area is 150 Å². The number of aromatic nitrogens is 4. The Morgan fingerprint density at radius 3 is 2.74 bits per heavy atom. The van der Waals surface area contributed by atoms with E-state index in [4.69, 9.17) is 20.3 Å². The molecule has 6 N–H and O–H groups in total. The first-order valence-corrected chi connectivity index (χ1v) is 10.8. The molecule has 0 saturated carbocycles. The largest absolute Gasteiger partial charge is 0.390 e. The molecular formula is C11H16FN5O8P2. The summed E-state index contributed by atoms with van der Waals surface area (Å²) in [5.74, 6) is 0.143. The van der Waals surface area contributed by atoms with E-state index < -0.39 is 45.9 Å². The fourth-order valence-corrected chi connectivity index (χ4v) is 4.75. The van der Waals surface area contributed by atoms with Crippen LogP contribution in [0.3, 0.4) is 0 Å². The van der Waals surface area contributed by atoms with E-state index in [2.05, 4.69) is 19.5 Å². The number of nitrogens with zero attached hydrogens (tertiary/aromatic N) is 4. The minimum atomic E-state index is -5.49. The minimum absolute atomic E-state index is 0.0245. The highest BCUT2D eigenvalue weighted by Gasteiger charge is 2.47. The van der Waals surface area contributed by atoms with Crippen LogP contribution in [0.25, 0.3) is 11.2 Å². The number of nitrogens with two attached hydrogens (primary N) is 1. The predicted molar refractivity (Wildman–Crippen MR) is 87.0 cm³/mol. The summed E-state index contributed by atoms with van der Waals surface area (Å²) in [6, 6.07) is 0. The van der Waals surface area contributed by atoms with Crippen LogP contribution in [0.4, 0.5) is 10.2 Å². The number of aliphatic hydroxyl groups is 1. The number of hydrogen-bond acceptors (Lipinski definition) is 9. The van der Waals surface area contributed by atoms with Crippen LogP contribution in [0.15, 0.2) is 12.7 Å². The lowest BCUT2D eigenvalue weighted by atomic mass is 10.2. The number of nitrogen functional groups attached to an aromatic ring is 1. The zero-order valence-electron chi connectivity index (χ0n) is 13.4. The van der Waals surface area contributed by atoms with Gasteiger partial charge in [0.25, 0.3) is 5.65 Å². The normalized spacial score (nSPS) is 26.9. The molecule has 0 aliphatic carbocycles. The SMILES string of the molecule is Nc1ncnc2c1ncn2[C@H]1C[C@H](O)[C@@H](COP(=O)(O)C(F)P(=O)(O)O)O1. The van der Waals surface area contributed by atoms with Crippen LogP contribution in [0, 0.1) is 0 Å². The molecule has 5 atom stereocenters. The number of ether oxygens (including phenoxy) is 1. The topological polar surface area (TPSA) is 203 Å². The van der Waals surface area contributed by atoms with Crippen LogP contribution in [0.1, 0.15) is 12.6 Å². The Morgan fingerprint density at radius 1 is 1.37 bits per heavy atom. The van der Waals surface area contributed by atoms with E-state index in [9.17, 15) is 23.5 Å². The van der Waals surface area contributed by atoms with Gasteiger partial charge in [0.15, 0.2) is 11.5 Å². The van der Waals surface area contributed by atoms with Crippen molar-refractivity contribution < 1.29 is 42.6 Å². The Hall–Kier alpha value is -1.50. The van der Waals surface area contributed by atoms with Crippen molar-refractivity contribution >= 4 is 32.2 Å². The molecule has 16 heteroatoms. The third kappa shape index (κ3) is 4.03. The number of anilines is 1. The van der Waals surface area contributed by atoms with E-state index in [1.54, 1.807) is 0 Å². The van der Waals surface area contributed by atoms with Crippen molar-refractivity contribution in [3.63, 3.8) is 0 Å². The molecule has 1 saturated heterocycles. The highest BCUT2D eigenvalue weighted by Crippen LogP contribution is 2.63. The molecule has 0 amide bonds. The van der Waals surface area contributed by atoms with Crippen LogP contribution in [0.5, 0.6) is 0 Å². The van der Waals surface area contributed by atoms with E-state index in [0.29, 0.717) is 11.2 Å². The second-order valence-electron chi connectivity index (χ2n) is 5.77. The van der Waals surface area contributed by atoms with Crippen molar-refractivity contribution in [3.8, 4) is 0 Å². The van der Waals surface area contributed by atoms with Crippen molar-refractivity contribution in [2.45, 2.75) is 30.5 Å². The van der Waals surface area contributed by atoms with Crippen molar-refractivity contribution in [2.75, 3.05) is 12.3 Å². The number of halogens is 1. The number of imidazole rings is 1. The van der Waals surface area contributed by atoms with Crippen LogP contribution in [-0.4, -0.2) is 63.8 Å². The number of rotatable bonds is 6. The molecule has 2 aromatic rings. The molecule has 150 valence electrons. The van der Waals surface area contributed by atoms with Gasteiger partial charge in [0.2, 0.25) is 0 Å². The number of alkyl halides is 1. The molecule has 1 aliphatic heterocycles. The molecule has 13 nitrogen and oxygen atoms in total. The first-order valence-electron chi connectivity index (χ1n) is 7.43. The molecule has 2 aromatic heterocycles. The monoisotopic (exact) mass is 427 g/mol. The molecule has 0 spiro atoms. The van der Waals surface area contributed by atoms with Crippen molar-refractivity contribution in [3.05, 3.63) is 12.7 Å². The van der Waals surface area contributed by atoms with Gasteiger partial charge in [-0.05, 0) is 0 Å². The second kappa shape index (κ2) is 7.15. The van der Waals surface area contributed by atoms with Gasteiger partial charge in [-0.3, -0.25) is 13.7 Å². The van der Waals surface area contributed by atoms with Crippen LogP contribution >= 0.6 is 15.2 Å². The maximum atomic E-state index is 13.4. The van der Waals surface area contributed by atoms with Crippen molar-refractivity contribution in [1.82, 2.24) is 19.5 Å². The maximum absolute atomic E-state index is 13.4. The fourth-order valence-electron chi connectivity index (χ4n) is 2.55. The molecule has 0 radical (unpaired) electrons. The summed E-state index contributed by atoms with van der Waals surface area (Å²) in [7, 11) is -10.8. The van der Waals surface area contributed by atoms with Gasteiger partial charge in [0.1, 0.15) is 24.2 Å². The number of fused-ring (bicyclic) bond motifs is 1. The lowest BCUT2D eigenvalue weighted by Crippen LogP contribution is -2.26. The van der Waals surface area contributed by atoms with Crippen molar-refractivity contribution in [1.29, 1.82) is 0 Å². The molecule has 1 fully saturated rings. The molecule has 27 heavy (non-hydrogen) atoms. The summed E-state index contributed by atoms with van der Waals surface area (Å²) in [5.41, 5.74) is 2.94. The predicted octanol–water partition coefficient (Wildman–Crippen LogP) is -0.310. The Kier molecular flexibility index (Phi) is 5.36. The third-order valence-electron chi connectivity index (χ3n) is 3.87. The zero-order chi connectivity index (χ0) is 20.0. The van der Waals surface area contributed by atoms with Gasteiger partial charge in [-0.2, -0.15) is 0 Å². The van der Waals surface area contributed by atoms with E-state index in [1.165, 1.54) is 17.2 Å². The standard InChI is InChI=1S/C11H16FN5O8P2/c12-11(26(19,20)21)27(22,23)24-2-6-5(18)1-7(25-6)17-4-16-8-9(13)14-3-15-10(8)17/h3-7,11,18H,1-2H2,(H,22,23)(H2,13,14,15)(H2,19,20,21)/t5-,6+,7+,11?/m0/s1. The Morgan fingerprint density at radius 2 is 2.07 bits per heavy atom. The van der Waals surface area contributed by atoms with Gasteiger partial charge in [-0.1, -0.05) is 0 Å². The van der Waals surface area contributed by atoms with Crippen LogP contribution in [0.2, 0.25) is 0 Å². The second-order valence-corrected chi connectivity index (χ2v) is 9.65. The van der Waals surface area contributed by atoms with Crippen molar-refractivity contribution in [2.24, 2.45) is 0 Å². The molecular weight excluding hydrogens is 411 g/mol. The number of hydrogen-bond donors (Lipinski definition) is 5. The molecule has 2 unspecified atom stereocenters. The van der Waals surface area contributed by atoms with E-state index >= 15 is 0 Å². The van der Waals surface area contributed by atoms with E-state index in [0.717, 1.165) is 0 Å². The van der Waals surface area contributed by atoms with Crippen LogP contribution < -0.4 is 5.73 Å². The quantitative estimate of drug-likeness (QED) is 0.377. The summed E-state index contributed by atoms with van der Waals surface area (Å²) in [5, 5.41) is 10.1. The van der Waals surface area contributed by atoms with Gasteiger partial charge in [0, 0.05) is 6.42 Å². The van der Waals surface area contributed by atoms with Gasteiger partial charge in [-0.15, -0.1) is 0 Å². The summed E-state index contributed by atoms with van der Waals surface area (Å²) < 4.78 is 47.3. The lowest BCUT2D eigenvalue weighted by molar-refractivity contribution is -0.0402. The highest BCUT2D eigenvalue weighted by atomic mass is 31.2. The first kappa shape index (κ1) is 20.2. The molecule has 3 rings (SSSR count). The first-order chi connectivity index (χ1) is 12.5. The molecule has 0 bridgehead atoms. The lowest BCUT2D eigenvalue weighted by Gasteiger charge is -2.20. The minimum Gasteiger partial charge on any atom is -0.390 e. The molecule has 0 aromatic carbocycles. The summed E-state index contributed by atoms with van der Waals surface area (Å²) in [6.07, 6.45) is -0.507.